The van der Waals surface area contributed by atoms with E-state index in [1.54, 1.807) is 7.05 Å². The SMILES string of the molecule is CCC1CCCC(Nc2c(N)n(C)c(=O)[nH]c2=O)C1. The molecule has 0 bridgehead atoms. The number of aromatic amines is 1. The number of aromatic nitrogens is 2. The van der Waals surface area contributed by atoms with Crippen molar-refractivity contribution in [2.75, 3.05) is 11.1 Å². The lowest BCUT2D eigenvalue weighted by Gasteiger charge is -2.29. The van der Waals surface area contributed by atoms with Crippen molar-refractivity contribution in [1.82, 2.24) is 9.55 Å². The summed E-state index contributed by atoms with van der Waals surface area (Å²) in [5, 5.41) is 3.22. The second-order valence-corrected chi connectivity index (χ2v) is 5.36. The van der Waals surface area contributed by atoms with Crippen LogP contribution in [0.2, 0.25) is 0 Å². The van der Waals surface area contributed by atoms with Gasteiger partial charge in [0.1, 0.15) is 11.5 Å². The van der Waals surface area contributed by atoms with E-state index >= 15 is 0 Å². The zero-order valence-electron chi connectivity index (χ0n) is 11.5. The molecular formula is C13H22N4O2. The Hall–Kier alpha value is -1.72. The average molecular weight is 266 g/mol. The molecule has 6 nitrogen and oxygen atoms in total. The van der Waals surface area contributed by atoms with E-state index in [0.717, 1.165) is 19.3 Å². The van der Waals surface area contributed by atoms with E-state index in [4.69, 9.17) is 5.73 Å². The molecule has 19 heavy (non-hydrogen) atoms. The summed E-state index contributed by atoms with van der Waals surface area (Å²) < 4.78 is 1.25. The third-order valence-corrected chi connectivity index (χ3v) is 4.08. The van der Waals surface area contributed by atoms with Gasteiger partial charge < -0.3 is 11.1 Å². The third-order valence-electron chi connectivity index (χ3n) is 4.08. The van der Waals surface area contributed by atoms with E-state index in [1.165, 1.54) is 17.4 Å². The number of anilines is 2. The highest BCUT2D eigenvalue weighted by Gasteiger charge is 2.22. The van der Waals surface area contributed by atoms with Gasteiger partial charge in [-0.3, -0.25) is 14.3 Å². The number of hydrogen-bond acceptors (Lipinski definition) is 4. The van der Waals surface area contributed by atoms with Crippen LogP contribution >= 0.6 is 0 Å². The molecule has 0 aromatic carbocycles. The van der Waals surface area contributed by atoms with Crippen LogP contribution in [-0.2, 0) is 7.05 Å². The number of nitrogens with two attached hydrogens (primary N) is 1. The molecule has 0 amide bonds. The molecule has 4 N–H and O–H groups in total. The van der Waals surface area contributed by atoms with Crippen LogP contribution in [0.4, 0.5) is 11.5 Å². The minimum atomic E-state index is -0.483. The zero-order valence-corrected chi connectivity index (χ0v) is 11.5. The fraction of sp³-hybridized carbons (Fsp3) is 0.692. The Bertz CT molecular complexity index is 561. The highest BCUT2D eigenvalue weighted by Crippen LogP contribution is 2.28. The third kappa shape index (κ3) is 2.83. The van der Waals surface area contributed by atoms with Crippen molar-refractivity contribution in [3.63, 3.8) is 0 Å². The number of nitrogen functional groups attached to an aromatic ring is 1. The Morgan fingerprint density at radius 2 is 2.16 bits per heavy atom. The van der Waals surface area contributed by atoms with Crippen molar-refractivity contribution in [2.24, 2.45) is 13.0 Å². The highest BCUT2D eigenvalue weighted by molar-refractivity contribution is 5.60. The lowest BCUT2D eigenvalue weighted by molar-refractivity contribution is 0.327. The molecule has 2 unspecified atom stereocenters. The average Bonchev–Trinajstić information content (AvgIpc) is 2.41. The molecule has 0 radical (unpaired) electrons. The van der Waals surface area contributed by atoms with Gasteiger partial charge in [-0.1, -0.05) is 26.2 Å². The van der Waals surface area contributed by atoms with Gasteiger partial charge in [-0.25, -0.2) is 4.79 Å². The Balaban J connectivity index is 2.22. The summed E-state index contributed by atoms with van der Waals surface area (Å²) in [6, 6.07) is 0.264. The molecule has 0 saturated heterocycles. The molecule has 0 spiro atoms. The van der Waals surface area contributed by atoms with Crippen molar-refractivity contribution in [3.8, 4) is 0 Å². The second kappa shape index (κ2) is 5.50. The molecule has 106 valence electrons. The normalized spacial score (nSPS) is 23.3. The van der Waals surface area contributed by atoms with E-state index in [0.29, 0.717) is 11.6 Å². The van der Waals surface area contributed by atoms with E-state index < -0.39 is 11.2 Å². The quantitative estimate of drug-likeness (QED) is 0.762. The summed E-state index contributed by atoms with van der Waals surface area (Å²) in [4.78, 5) is 25.5. The van der Waals surface area contributed by atoms with Crippen molar-refractivity contribution >= 4 is 11.5 Å². The first-order chi connectivity index (χ1) is 9.02. The van der Waals surface area contributed by atoms with E-state index in [-0.39, 0.29) is 11.9 Å². The Morgan fingerprint density at radius 3 is 2.84 bits per heavy atom. The summed E-state index contributed by atoms with van der Waals surface area (Å²) >= 11 is 0. The van der Waals surface area contributed by atoms with Crippen molar-refractivity contribution in [2.45, 2.75) is 45.1 Å². The number of H-pyrrole nitrogens is 1. The molecule has 1 heterocycles. The second-order valence-electron chi connectivity index (χ2n) is 5.36. The molecule has 1 saturated carbocycles. The molecule has 6 heteroatoms. The number of hydrogen-bond donors (Lipinski definition) is 3. The molecule has 0 aliphatic heterocycles. The van der Waals surface area contributed by atoms with Crippen LogP contribution in [-0.4, -0.2) is 15.6 Å². The van der Waals surface area contributed by atoms with E-state index in [2.05, 4.69) is 17.2 Å². The molecule has 1 aliphatic carbocycles. The van der Waals surface area contributed by atoms with Crippen LogP contribution < -0.4 is 22.3 Å². The maximum Gasteiger partial charge on any atom is 0.329 e. The molecule has 2 rings (SSSR count). The Labute approximate surface area is 112 Å². The molecule has 1 fully saturated rings. The van der Waals surface area contributed by atoms with Gasteiger partial charge in [0.25, 0.3) is 5.56 Å². The van der Waals surface area contributed by atoms with Gasteiger partial charge in [0.15, 0.2) is 0 Å². The van der Waals surface area contributed by atoms with Gasteiger partial charge in [-0.2, -0.15) is 0 Å². The zero-order chi connectivity index (χ0) is 14.0. The van der Waals surface area contributed by atoms with E-state index in [9.17, 15) is 9.59 Å². The minimum absolute atomic E-state index is 0.201. The van der Waals surface area contributed by atoms with Gasteiger partial charge >= 0.3 is 5.69 Å². The van der Waals surface area contributed by atoms with E-state index in [1.807, 2.05) is 0 Å². The number of nitrogens with one attached hydrogen (secondary N) is 2. The van der Waals surface area contributed by atoms with Crippen LogP contribution in [0.1, 0.15) is 39.0 Å². The summed E-state index contributed by atoms with van der Waals surface area (Å²) in [7, 11) is 1.55. The highest BCUT2D eigenvalue weighted by atomic mass is 16.2. The largest absolute Gasteiger partial charge is 0.383 e. The van der Waals surface area contributed by atoms with Crippen molar-refractivity contribution < 1.29 is 0 Å². The summed E-state index contributed by atoms with van der Waals surface area (Å²) in [5.74, 6) is 0.909. The standard InChI is InChI=1S/C13H22N4O2/c1-3-8-5-4-6-9(7-8)15-10-11(14)17(2)13(19)16-12(10)18/h8-9,15H,3-7,14H2,1-2H3,(H,16,18,19). The monoisotopic (exact) mass is 266 g/mol. The van der Waals surface area contributed by atoms with Gasteiger partial charge in [0.2, 0.25) is 0 Å². The lowest BCUT2D eigenvalue weighted by Crippen LogP contribution is -2.36. The molecule has 1 aromatic rings. The molecule has 2 atom stereocenters. The van der Waals surface area contributed by atoms with Gasteiger partial charge in [-0.15, -0.1) is 0 Å². The summed E-state index contributed by atoms with van der Waals surface area (Å²) in [6.07, 6.45) is 5.68. The first kappa shape index (κ1) is 13.7. The van der Waals surface area contributed by atoms with Gasteiger partial charge in [-0.05, 0) is 18.8 Å². The lowest BCUT2D eigenvalue weighted by atomic mass is 9.84. The van der Waals surface area contributed by atoms with Crippen LogP contribution in [0, 0.1) is 5.92 Å². The molecular weight excluding hydrogens is 244 g/mol. The predicted octanol–water partition coefficient (Wildman–Crippen LogP) is 1.04. The first-order valence-corrected chi connectivity index (χ1v) is 6.88. The maximum absolute atomic E-state index is 11.8. The summed E-state index contributed by atoms with van der Waals surface area (Å²) in [6.45, 7) is 2.19. The Kier molecular flexibility index (Phi) is 3.97. The van der Waals surface area contributed by atoms with Crippen LogP contribution in [0.5, 0.6) is 0 Å². The first-order valence-electron chi connectivity index (χ1n) is 6.88. The van der Waals surface area contributed by atoms with Crippen molar-refractivity contribution in [1.29, 1.82) is 0 Å². The topological polar surface area (TPSA) is 92.9 Å². The fourth-order valence-electron chi connectivity index (χ4n) is 2.77. The summed E-state index contributed by atoms with van der Waals surface area (Å²) in [5.41, 5.74) is 5.26. The Morgan fingerprint density at radius 1 is 1.42 bits per heavy atom. The van der Waals surface area contributed by atoms with Crippen LogP contribution in [0.15, 0.2) is 9.59 Å². The van der Waals surface area contributed by atoms with Crippen LogP contribution in [0.25, 0.3) is 0 Å². The number of rotatable bonds is 3. The maximum atomic E-state index is 11.8. The molecule has 1 aliphatic rings. The van der Waals surface area contributed by atoms with Gasteiger partial charge in [0, 0.05) is 13.1 Å². The fourth-order valence-corrected chi connectivity index (χ4v) is 2.77. The smallest absolute Gasteiger partial charge is 0.329 e. The predicted molar refractivity (Wildman–Crippen MR) is 76.4 cm³/mol. The minimum Gasteiger partial charge on any atom is -0.383 e. The van der Waals surface area contributed by atoms with Crippen molar-refractivity contribution in [3.05, 3.63) is 20.8 Å². The van der Waals surface area contributed by atoms with Crippen LogP contribution in [0.3, 0.4) is 0 Å². The number of nitrogens with zero attached hydrogens (tertiary/aromatic N) is 1. The molecule has 1 aromatic heterocycles. The van der Waals surface area contributed by atoms with Gasteiger partial charge in [0.05, 0.1) is 0 Å².